The first-order valence-corrected chi connectivity index (χ1v) is 10.5. The summed E-state index contributed by atoms with van der Waals surface area (Å²) in [5.41, 5.74) is 3.62. The Bertz CT molecular complexity index is 861. The molecule has 0 saturated heterocycles. The number of nitrogens with one attached hydrogen (secondary N) is 1. The number of hydrogen-bond acceptors (Lipinski definition) is 3. The van der Waals surface area contributed by atoms with Gasteiger partial charge in [0.2, 0.25) is 15.9 Å². The molecule has 0 aliphatic heterocycles. The van der Waals surface area contributed by atoms with Gasteiger partial charge in [0.1, 0.15) is 6.04 Å². The van der Waals surface area contributed by atoms with E-state index in [-0.39, 0.29) is 5.91 Å². The Morgan fingerprint density at radius 2 is 1.69 bits per heavy atom. The first kappa shape index (κ1) is 20.0. The van der Waals surface area contributed by atoms with Crippen LogP contribution in [0, 0.1) is 13.8 Å². The van der Waals surface area contributed by atoms with Gasteiger partial charge in [0.15, 0.2) is 0 Å². The van der Waals surface area contributed by atoms with E-state index in [1.807, 2.05) is 57.2 Å². The molecule has 0 aliphatic rings. The molecule has 0 fully saturated rings. The van der Waals surface area contributed by atoms with E-state index in [4.69, 9.17) is 0 Å². The number of anilines is 1. The van der Waals surface area contributed by atoms with Crippen molar-refractivity contribution in [2.45, 2.75) is 39.8 Å². The average Bonchev–Trinajstić information content (AvgIpc) is 2.58. The van der Waals surface area contributed by atoms with Crippen molar-refractivity contribution in [2.24, 2.45) is 0 Å². The van der Waals surface area contributed by atoms with Crippen LogP contribution in [0.5, 0.6) is 0 Å². The van der Waals surface area contributed by atoms with E-state index in [0.29, 0.717) is 18.7 Å². The fraction of sp³-hybridized carbons (Fsp3) is 0.350. The predicted molar refractivity (Wildman–Crippen MR) is 106 cm³/mol. The maximum atomic E-state index is 12.8. The standard InChI is InChI=1S/C20H26N2O3S/c1-5-19(20(23)21-14-17-9-7-6-8-16(17)3)22(26(4,24)25)18-12-10-15(2)11-13-18/h6-13,19H,5,14H2,1-4H3,(H,21,23)/t19-/m1/s1. The molecule has 0 radical (unpaired) electrons. The molecule has 1 amide bonds. The van der Waals surface area contributed by atoms with Crippen LogP contribution in [-0.4, -0.2) is 26.6 Å². The number of carbonyl (C=O) groups is 1. The van der Waals surface area contributed by atoms with Gasteiger partial charge in [-0.25, -0.2) is 8.42 Å². The van der Waals surface area contributed by atoms with Gasteiger partial charge in [-0.05, 0) is 43.5 Å². The Labute approximate surface area is 156 Å². The van der Waals surface area contributed by atoms with Crippen LogP contribution in [0.1, 0.15) is 30.0 Å². The zero-order chi connectivity index (χ0) is 19.3. The summed E-state index contributed by atoms with van der Waals surface area (Å²) in [6, 6.07) is 14.1. The minimum absolute atomic E-state index is 0.304. The van der Waals surface area contributed by atoms with Gasteiger partial charge in [-0.3, -0.25) is 9.10 Å². The Morgan fingerprint density at radius 3 is 2.23 bits per heavy atom. The van der Waals surface area contributed by atoms with Crippen molar-refractivity contribution >= 4 is 21.6 Å². The molecule has 2 rings (SSSR count). The van der Waals surface area contributed by atoms with Crippen molar-refractivity contribution in [3.8, 4) is 0 Å². The minimum Gasteiger partial charge on any atom is -0.350 e. The van der Waals surface area contributed by atoms with E-state index in [2.05, 4.69) is 5.32 Å². The van der Waals surface area contributed by atoms with Gasteiger partial charge in [-0.2, -0.15) is 0 Å². The highest BCUT2D eigenvalue weighted by Crippen LogP contribution is 2.23. The second-order valence-electron chi connectivity index (χ2n) is 6.46. The molecule has 2 aromatic carbocycles. The highest BCUT2D eigenvalue weighted by molar-refractivity contribution is 7.92. The molecule has 0 aromatic heterocycles. The van der Waals surface area contributed by atoms with E-state index in [1.165, 1.54) is 4.31 Å². The van der Waals surface area contributed by atoms with Gasteiger partial charge in [0.05, 0.1) is 11.9 Å². The number of hydrogen-bond donors (Lipinski definition) is 1. The second kappa shape index (κ2) is 8.36. The van der Waals surface area contributed by atoms with Crippen LogP contribution in [0.2, 0.25) is 0 Å². The smallest absolute Gasteiger partial charge is 0.244 e. The van der Waals surface area contributed by atoms with Gasteiger partial charge in [0.25, 0.3) is 0 Å². The third-order valence-electron chi connectivity index (χ3n) is 4.33. The Balaban J connectivity index is 2.25. The highest BCUT2D eigenvalue weighted by Gasteiger charge is 2.31. The molecule has 5 nitrogen and oxygen atoms in total. The summed E-state index contributed by atoms with van der Waals surface area (Å²) >= 11 is 0. The van der Waals surface area contributed by atoms with Crippen molar-refractivity contribution in [1.29, 1.82) is 0 Å². The fourth-order valence-electron chi connectivity index (χ4n) is 2.86. The molecule has 0 saturated carbocycles. The summed E-state index contributed by atoms with van der Waals surface area (Å²) in [6.07, 6.45) is 1.50. The maximum Gasteiger partial charge on any atom is 0.244 e. The molecule has 0 bridgehead atoms. The van der Waals surface area contributed by atoms with Gasteiger partial charge in [-0.1, -0.05) is 48.9 Å². The number of sulfonamides is 1. The Morgan fingerprint density at radius 1 is 1.08 bits per heavy atom. The molecule has 0 aliphatic carbocycles. The topological polar surface area (TPSA) is 66.5 Å². The molecule has 140 valence electrons. The SMILES string of the molecule is CC[C@H](C(=O)NCc1ccccc1C)N(c1ccc(C)cc1)S(C)(=O)=O. The van der Waals surface area contributed by atoms with Crippen molar-refractivity contribution in [1.82, 2.24) is 5.32 Å². The van der Waals surface area contributed by atoms with Crippen LogP contribution in [0.3, 0.4) is 0 Å². The zero-order valence-corrected chi connectivity index (χ0v) is 16.5. The van der Waals surface area contributed by atoms with E-state index in [0.717, 1.165) is 22.9 Å². The van der Waals surface area contributed by atoms with Crippen molar-refractivity contribution < 1.29 is 13.2 Å². The third-order valence-corrected chi connectivity index (χ3v) is 5.51. The maximum absolute atomic E-state index is 12.8. The van der Waals surface area contributed by atoms with Gasteiger partial charge in [0, 0.05) is 6.54 Å². The number of amides is 1. The van der Waals surface area contributed by atoms with Crippen molar-refractivity contribution in [3.63, 3.8) is 0 Å². The summed E-state index contributed by atoms with van der Waals surface area (Å²) in [5.74, 6) is -0.304. The van der Waals surface area contributed by atoms with Crippen LogP contribution >= 0.6 is 0 Å². The van der Waals surface area contributed by atoms with Gasteiger partial charge < -0.3 is 5.32 Å². The number of aryl methyl sites for hydroxylation is 2. The summed E-state index contributed by atoms with van der Waals surface area (Å²) in [7, 11) is -3.61. The van der Waals surface area contributed by atoms with Crippen LogP contribution in [0.15, 0.2) is 48.5 Å². The van der Waals surface area contributed by atoms with Crippen LogP contribution < -0.4 is 9.62 Å². The summed E-state index contributed by atoms with van der Waals surface area (Å²) in [5, 5.41) is 2.88. The first-order valence-electron chi connectivity index (χ1n) is 8.62. The Hall–Kier alpha value is -2.34. The molecule has 6 heteroatoms. The highest BCUT2D eigenvalue weighted by atomic mass is 32.2. The van der Waals surface area contributed by atoms with E-state index in [1.54, 1.807) is 12.1 Å². The lowest BCUT2D eigenvalue weighted by atomic mass is 10.1. The minimum atomic E-state index is -3.61. The van der Waals surface area contributed by atoms with Crippen molar-refractivity contribution in [2.75, 3.05) is 10.6 Å². The number of carbonyl (C=O) groups excluding carboxylic acids is 1. The largest absolute Gasteiger partial charge is 0.350 e. The zero-order valence-electron chi connectivity index (χ0n) is 15.7. The quantitative estimate of drug-likeness (QED) is 0.809. The third kappa shape index (κ3) is 4.85. The molecule has 0 spiro atoms. The summed E-state index contributed by atoms with van der Waals surface area (Å²) in [6.45, 7) is 6.09. The van der Waals surface area contributed by atoms with Crippen LogP contribution in [-0.2, 0) is 21.4 Å². The van der Waals surface area contributed by atoms with Gasteiger partial charge in [-0.15, -0.1) is 0 Å². The van der Waals surface area contributed by atoms with Crippen LogP contribution in [0.4, 0.5) is 5.69 Å². The number of rotatable bonds is 7. The average molecular weight is 375 g/mol. The predicted octanol–water partition coefficient (Wildman–Crippen LogP) is 3.16. The lowest BCUT2D eigenvalue weighted by molar-refractivity contribution is -0.122. The van der Waals surface area contributed by atoms with Gasteiger partial charge >= 0.3 is 0 Å². The lowest BCUT2D eigenvalue weighted by Crippen LogP contribution is -2.49. The molecule has 26 heavy (non-hydrogen) atoms. The number of nitrogens with zero attached hydrogens (tertiary/aromatic N) is 1. The monoisotopic (exact) mass is 374 g/mol. The molecular weight excluding hydrogens is 348 g/mol. The second-order valence-corrected chi connectivity index (χ2v) is 8.32. The molecule has 1 N–H and O–H groups in total. The molecule has 2 aromatic rings. The molecular formula is C20H26N2O3S. The summed E-state index contributed by atoms with van der Waals surface area (Å²) in [4.78, 5) is 12.8. The molecule has 0 unspecified atom stereocenters. The lowest BCUT2D eigenvalue weighted by Gasteiger charge is -2.30. The summed E-state index contributed by atoms with van der Waals surface area (Å²) < 4.78 is 26.0. The van der Waals surface area contributed by atoms with Crippen LogP contribution in [0.25, 0.3) is 0 Å². The normalized spacial score (nSPS) is 12.5. The Kier molecular flexibility index (Phi) is 6.42. The first-order chi connectivity index (χ1) is 12.2. The fourth-order valence-corrected chi connectivity index (χ4v) is 4.07. The molecule has 1 atom stereocenters. The molecule has 0 heterocycles. The van der Waals surface area contributed by atoms with Crippen molar-refractivity contribution in [3.05, 3.63) is 65.2 Å². The van der Waals surface area contributed by atoms with E-state index >= 15 is 0 Å². The van der Waals surface area contributed by atoms with E-state index < -0.39 is 16.1 Å². The van der Waals surface area contributed by atoms with E-state index in [9.17, 15) is 13.2 Å². The number of benzene rings is 2.